The van der Waals surface area contributed by atoms with Gasteiger partial charge in [-0.15, -0.1) is 0 Å². The van der Waals surface area contributed by atoms with Crippen LogP contribution in [0.1, 0.15) is 18.5 Å². The quantitative estimate of drug-likeness (QED) is 0.767. The number of aromatic nitrogens is 2. The monoisotopic (exact) mass is 281 g/mol. The number of hydrogen-bond acceptors (Lipinski definition) is 5. The molecule has 1 fully saturated rings. The van der Waals surface area contributed by atoms with Gasteiger partial charge in [0.15, 0.2) is 0 Å². The summed E-state index contributed by atoms with van der Waals surface area (Å²) >= 11 is 0. The highest BCUT2D eigenvalue weighted by molar-refractivity contribution is 5.80. The number of hydrogen-bond donors (Lipinski definition) is 2. The molecule has 1 saturated heterocycles. The molecule has 7 nitrogen and oxygen atoms in total. The number of carbonyl (C=O) groups excluding carboxylic acids is 1. The highest BCUT2D eigenvalue weighted by Gasteiger charge is 2.29. The number of nitrogens with zero attached hydrogens (tertiary/aromatic N) is 3. The zero-order valence-electron chi connectivity index (χ0n) is 12.3. The average Bonchev–Trinajstić information content (AvgIpc) is 3.02. The fourth-order valence-corrected chi connectivity index (χ4v) is 2.38. The normalized spacial score (nSPS) is 22.0. The van der Waals surface area contributed by atoms with E-state index >= 15 is 0 Å². The fraction of sp³-hybridized carbons (Fsp3) is 0.692. The van der Waals surface area contributed by atoms with Crippen molar-refractivity contribution in [3.05, 3.63) is 11.9 Å². The molecule has 1 aromatic rings. The Morgan fingerprint density at radius 1 is 1.60 bits per heavy atom. The summed E-state index contributed by atoms with van der Waals surface area (Å²) in [6.07, 6.45) is 3.01. The van der Waals surface area contributed by atoms with E-state index in [1.807, 2.05) is 30.6 Å². The van der Waals surface area contributed by atoms with Gasteiger partial charge in [0.05, 0.1) is 24.5 Å². The van der Waals surface area contributed by atoms with Crippen molar-refractivity contribution < 1.29 is 9.53 Å². The Morgan fingerprint density at radius 3 is 2.90 bits per heavy atom. The number of anilines is 1. The molecule has 0 unspecified atom stereocenters. The summed E-state index contributed by atoms with van der Waals surface area (Å²) in [4.78, 5) is 18.2. The lowest BCUT2D eigenvalue weighted by atomic mass is 10.2. The number of carbonyl (C=O) groups is 1. The first-order valence-electron chi connectivity index (χ1n) is 6.84. The minimum atomic E-state index is -0.370. The fourth-order valence-electron chi connectivity index (χ4n) is 2.38. The van der Waals surface area contributed by atoms with Crippen LogP contribution in [-0.2, 0) is 23.1 Å². The Kier molecular flexibility index (Phi) is 4.61. The van der Waals surface area contributed by atoms with Crippen molar-refractivity contribution in [2.24, 2.45) is 12.8 Å². The lowest BCUT2D eigenvalue weighted by molar-refractivity contribution is -0.132. The maximum Gasteiger partial charge on any atom is 0.249 e. The first-order chi connectivity index (χ1) is 9.52. The van der Waals surface area contributed by atoms with E-state index in [-0.39, 0.29) is 18.1 Å². The number of amides is 1. The summed E-state index contributed by atoms with van der Waals surface area (Å²) in [7, 11) is 5.80. The van der Waals surface area contributed by atoms with E-state index < -0.39 is 0 Å². The van der Waals surface area contributed by atoms with E-state index in [0.717, 1.165) is 24.5 Å². The third-order valence-corrected chi connectivity index (χ3v) is 3.57. The molecule has 3 N–H and O–H groups in total. The van der Waals surface area contributed by atoms with Gasteiger partial charge < -0.3 is 25.3 Å². The molecular formula is C13H23N5O2. The second kappa shape index (κ2) is 6.23. The number of ether oxygens (including phenoxy) is 1. The number of rotatable bonds is 5. The molecule has 20 heavy (non-hydrogen) atoms. The topological polar surface area (TPSA) is 85.4 Å². The maximum absolute atomic E-state index is 12.0. The second-order valence-corrected chi connectivity index (χ2v) is 5.28. The lowest BCUT2D eigenvalue weighted by Crippen LogP contribution is -2.35. The van der Waals surface area contributed by atoms with Crippen molar-refractivity contribution in [2.75, 3.05) is 25.5 Å². The Labute approximate surface area is 119 Å². The summed E-state index contributed by atoms with van der Waals surface area (Å²) in [5.41, 5.74) is 6.49. The van der Waals surface area contributed by atoms with Crippen molar-refractivity contribution in [1.29, 1.82) is 0 Å². The second-order valence-electron chi connectivity index (χ2n) is 5.28. The molecule has 7 heteroatoms. The molecule has 112 valence electrons. The highest BCUT2D eigenvalue weighted by atomic mass is 16.5. The number of nitrogens with two attached hydrogens (primary N) is 1. The van der Waals surface area contributed by atoms with Crippen LogP contribution < -0.4 is 16.0 Å². The molecule has 0 bridgehead atoms. The maximum atomic E-state index is 12.0. The first kappa shape index (κ1) is 14.8. The van der Waals surface area contributed by atoms with Gasteiger partial charge in [-0.3, -0.25) is 4.79 Å². The molecule has 0 saturated carbocycles. The molecule has 2 rings (SSSR count). The van der Waals surface area contributed by atoms with Crippen LogP contribution in [0.5, 0.6) is 0 Å². The van der Waals surface area contributed by atoms with E-state index in [0.29, 0.717) is 13.1 Å². The Bertz CT molecular complexity index is 471. The summed E-state index contributed by atoms with van der Waals surface area (Å²) in [5.74, 6) is 0.781. The van der Waals surface area contributed by atoms with Crippen molar-refractivity contribution in [3.8, 4) is 0 Å². The summed E-state index contributed by atoms with van der Waals surface area (Å²) in [6.45, 7) is 0.918. The van der Waals surface area contributed by atoms with Gasteiger partial charge in [0.25, 0.3) is 0 Å². The first-order valence-corrected chi connectivity index (χ1v) is 6.84. The van der Waals surface area contributed by atoms with Gasteiger partial charge >= 0.3 is 0 Å². The Morgan fingerprint density at radius 2 is 2.35 bits per heavy atom. The van der Waals surface area contributed by atoms with E-state index in [4.69, 9.17) is 10.5 Å². The Hall–Kier alpha value is -1.60. The predicted octanol–water partition coefficient (Wildman–Crippen LogP) is -0.391. The molecule has 0 aliphatic carbocycles. The van der Waals surface area contributed by atoms with E-state index in [2.05, 4.69) is 10.3 Å². The van der Waals surface area contributed by atoms with Gasteiger partial charge in [-0.1, -0.05) is 0 Å². The third-order valence-electron chi connectivity index (χ3n) is 3.57. The molecule has 0 spiro atoms. The van der Waals surface area contributed by atoms with Crippen LogP contribution in [0.4, 0.5) is 5.95 Å². The summed E-state index contributed by atoms with van der Waals surface area (Å²) in [6, 6.07) is 0. The molecule has 1 aliphatic rings. The van der Waals surface area contributed by atoms with Crippen molar-refractivity contribution >= 4 is 11.9 Å². The lowest BCUT2D eigenvalue weighted by Gasteiger charge is -2.14. The summed E-state index contributed by atoms with van der Waals surface area (Å²) in [5, 5.41) is 2.89. The smallest absolute Gasteiger partial charge is 0.249 e. The van der Waals surface area contributed by atoms with Crippen molar-refractivity contribution in [2.45, 2.75) is 31.6 Å². The van der Waals surface area contributed by atoms with Crippen LogP contribution in [0.2, 0.25) is 0 Å². The van der Waals surface area contributed by atoms with Crippen LogP contribution in [0.15, 0.2) is 6.20 Å². The minimum Gasteiger partial charge on any atom is -0.364 e. The van der Waals surface area contributed by atoms with Gasteiger partial charge in [-0.05, 0) is 12.8 Å². The van der Waals surface area contributed by atoms with Gasteiger partial charge in [0, 0.05) is 27.7 Å². The number of nitrogens with one attached hydrogen (secondary N) is 1. The van der Waals surface area contributed by atoms with Crippen LogP contribution in [0.3, 0.4) is 0 Å². The predicted molar refractivity (Wildman–Crippen MR) is 76.3 cm³/mol. The molecule has 2 atom stereocenters. The van der Waals surface area contributed by atoms with Crippen LogP contribution >= 0.6 is 0 Å². The molecule has 1 aromatic heterocycles. The SMILES string of the molecule is CN(C)c1ncc(CNC(=O)[C@@H]2CC[C@H](CN)O2)n1C. The average molecular weight is 281 g/mol. The van der Waals surface area contributed by atoms with Gasteiger partial charge in [0.1, 0.15) is 6.10 Å². The van der Waals surface area contributed by atoms with Gasteiger partial charge in [-0.2, -0.15) is 0 Å². The largest absolute Gasteiger partial charge is 0.364 e. The van der Waals surface area contributed by atoms with Crippen LogP contribution in [0.25, 0.3) is 0 Å². The van der Waals surface area contributed by atoms with Gasteiger partial charge in [0.2, 0.25) is 11.9 Å². The molecule has 0 aromatic carbocycles. The van der Waals surface area contributed by atoms with Crippen LogP contribution in [-0.4, -0.2) is 48.3 Å². The van der Waals surface area contributed by atoms with Crippen molar-refractivity contribution in [1.82, 2.24) is 14.9 Å². The van der Waals surface area contributed by atoms with E-state index in [1.165, 1.54) is 0 Å². The zero-order valence-corrected chi connectivity index (χ0v) is 12.3. The Balaban J connectivity index is 1.88. The molecule has 1 aliphatic heterocycles. The zero-order chi connectivity index (χ0) is 14.7. The van der Waals surface area contributed by atoms with E-state index in [1.54, 1.807) is 6.20 Å². The number of imidazole rings is 1. The van der Waals surface area contributed by atoms with E-state index in [9.17, 15) is 4.79 Å². The third kappa shape index (κ3) is 3.10. The van der Waals surface area contributed by atoms with Gasteiger partial charge in [-0.25, -0.2) is 4.98 Å². The molecular weight excluding hydrogens is 258 g/mol. The van der Waals surface area contributed by atoms with Crippen molar-refractivity contribution in [3.63, 3.8) is 0 Å². The highest BCUT2D eigenvalue weighted by Crippen LogP contribution is 2.19. The molecule has 2 heterocycles. The molecule has 0 radical (unpaired) electrons. The standard InChI is InChI=1S/C13H23N5O2/c1-17(2)13-16-8-9(18(13)3)7-15-12(19)11-5-4-10(6-14)20-11/h8,10-11H,4-7,14H2,1-3H3,(H,15,19)/t10-,11+/m1/s1. The minimum absolute atomic E-state index is 0.0165. The van der Waals surface area contributed by atoms with Crippen LogP contribution in [0, 0.1) is 0 Å². The molecule has 1 amide bonds. The summed E-state index contributed by atoms with van der Waals surface area (Å²) < 4.78 is 7.52.